The lowest BCUT2D eigenvalue weighted by molar-refractivity contribution is -0.222. The number of aromatic nitrogens is 1. The number of nitrogens with one attached hydrogen (secondary N) is 2. The molecule has 1 aromatic heterocycles. The lowest BCUT2D eigenvalue weighted by Gasteiger charge is -2.45. The SMILES string of the molecule is CCOc1cc2ccccc2c(O[C@@H]2C[C@H]3C(=O)N[C@]4(C(=O)NS(=O)(=O)C5(CF)CC5)C[C@H]4C=CCC[C@@H](C)C[C@@H](C)[C@H](N(C(=O)O)C(C)(C)C(F)(F)F)C(=O)N3C2)n1. The first-order valence-corrected chi connectivity index (χ1v) is 21.3. The quantitative estimate of drug-likeness (QED) is 0.204. The van der Waals surface area contributed by atoms with E-state index in [9.17, 15) is 45.5 Å². The number of rotatable bonds is 10. The van der Waals surface area contributed by atoms with Crippen molar-refractivity contribution in [1.82, 2.24) is 24.8 Å². The van der Waals surface area contributed by atoms with Crippen molar-refractivity contribution < 1.29 is 59.7 Å². The van der Waals surface area contributed by atoms with Gasteiger partial charge >= 0.3 is 12.3 Å². The molecule has 19 heteroatoms. The van der Waals surface area contributed by atoms with E-state index in [2.05, 4.69) is 10.3 Å². The molecule has 0 spiro atoms. The maximum Gasteiger partial charge on any atom is 0.411 e. The Bertz CT molecular complexity index is 2110. The first kappa shape index (κ1) is 43.9. The van der Waals surface area contributed by atoms with Crippen LogP contribution in [0.25, 0.3) is 10.8 Å². The molecule has 0 unspecified atom stereocenters. The standard InChI is InChI=1S/C40H51F4N5O9S/c1-6-57-30-18-25-12-8-10-14-28(25)33(45-30)58-27-19-29-32(50)46-39(35(52)47-59(55,56)38(22-41)15-16-38)20-26(39)13-9-7-11-23(2)17-24(3)31(34(51)48(29)21-27)49(36(53)54)37(4,5)40(42,43)44/h8-10,12-14,18,23-24,26-27,29,31H,6-7,11,15-17,19-22H2,1-5H3,(H,46,50)(H,47,52)(H,53,54)/t23-,24-,26-,27-,29+,31+,39-/m1/s1. The number of carbonyl (C=O) groups excluding carboxylic acids is 3. The number of halogens is 4. The molecular weight excluding hydrogens is 803 g/mol. The summed E-state index contributed by atoms with van der Waals surface area (Å²) in [5, 5.41) is 14.4. The van der Waals surface area contributed by atoms with Gasteiger partial charge in [0.25, 0.3) is 5.91 Å². The van der Waals surface area contributed by atoms with Gasteiger partial charge in [-0.25, -0.2) is 17.6 Å². The predicted molar refractivity (Wildman–Crippen MR) is 207 cm³/mol. The number of benzene rings is 1. The van der Waals surface area contributed by atoms with Gasteiger partial charge in [0, 0.05) is 23.8 Å². The highest BCUT2D eigenvalue weighted by Gasteiger charge is 2.64. The lowest BCUT2D eigenvalue weighted by atomic mass is 9.85. The van der Waals surface area contributed by atoms with E-state index in [0.29, 0.717) is 37.5 Å². The van der Waals surface area contributed by atoms with Crippen molar-refractivity contribution in [3.63, 3.8) is 0 Å². The van der Waals surface area contributed by atoms with Gasteiger partial charge < -0.3 is 24.8 Å². The number of carbonyl (C=O) groups is 4. The lowest BCUT2D eigenvalue weighted by Crippen LogP contribution is -2.66. The zero-order valence-corrected chi connectivity index (χ0v) is 34.4. The third-order valence-corrected chi connectivity index (χ3v) is 14.4. The fourth-order valence-electron chi connectivity index (χ4n) is 8.35. The van der Waals surface area contributed by atoms with Crippen LogP contribution in [0.4, 0.5) is 22.4 Å². The number of sulfonamides is 1. The van der Waals surface area contributed by atoms with Crippen LogP contribution in [0.2, 0.25) is 0 Å². The van der Waals surface area contributed by atoms with E-state index in [1.165, 1.54) is 6.92 Å². The zero-order chi connectivity index (χ0) is 43.3. The molecule has 2 aliphatic carbocycles. The predicted octanol–water partition coefficient (Wildman–Crippen LogP) is 5.51. The molecule has 324 valence electrons. The highest BCUT2D eigenvalue weighted by atomic mass is 32.2. The molecule has 1 saturated heterocycles. The Labute approximate surface area is 340 Å². The van der Waals surface area contributed by atoms with E-state index in [4.69, 9.17) is 9.47 Å². The van der Waals surface area contributed by atoms with E-state index < -0.39 is 99.1 Å². The summed E-state index contributed by atoms with van der Waals surface area (Å²) in [6, 6.07) is 5.27. The number of hydrogen-bond acceptors (Lipinski definition) is 9. The molecule has 6 rings (SSSR count). The van der Waals surface area contributed by atoms with Crippen molar-refractivity contribution in [2.75, 3.05) is 19.8 Å². The molecule has 59 heavy (non-hydrogen) atoms. The number of nitrogens with zero attached hydrogens (tertiary/aromatic N) is 3. The second-order valence-corrected chi connectivity index (χ2v) is 19.0. The Morgan fingerprint density at radius 3 is 2.46 bits per heavy atom. The second kappa shape index (κ2) is 16.1. The molecule has 14 nitrogen and oxygen atoms in total. The van der Waals surface area contributed by atoms with E-state index >= 15 is 4.79 Å². The van der Waals surface area contributed by atoms with Crippen LogP contribution in [0.3, 0.4) is 0 Å². The van der Waals surface area contributed by atoms with Crippen LogP contribution in [0.15, 0.2) is 42.5 Å². The summed E-state index contributed by atoms with van der Waals surface area (Å²) in [7, 11) is -4.51. The minimum atomic E-state index is -5.12. The van der Waals surface area contributed by atoms with Crippen LogP contribution in [0, 0.1) is 17.8 Å². The first-order valence-electron chi connectivity index (χ1n) is 19.8. The van der Waals surface area contributed by atoms with Crippen LogP contribution in [0.1, 0.15) is 79.6 Å². The minimum Gasteiger partial charge on any atom is -0.478 e. The van der Waals surface area contributed by atoms with Gasteiger partial charge in [-0.05, 0) is 82.6 Å². The van der Waals surface area contributed by atoms with Crippen molar-refractivity contribution in [3.8, 4) is 11.8 Å². The Morgan fingerprint density at radius 2 is 1.83 bits per heavy atom. The van der Waals surface area contributed by atoms with E-state index in [1.54, 1.807) is 49.4 Å². The summed E-state index contributed by atoms with van der Waals surface area (Å²) >= 11 is 0. The molecule has 7 atom stereocenters. The number of allylic oxidation sites excluding steroid dienone is 1. The van der Waals surface area contributed by atoms with Gasteiger partial charge in [0.15, 0.2) is 0 Å². The number of pyridine rings is 1. The van der Waals surface area contributed by atoms with Crippen LogP contribution in [-0.2, 0) is 24.4 Å². The van der Waals surface area contributed by atoms with E-state index in [1.807, 2.05) is 11.6 Å². The van der Waals surface area contributed by atoms with Crippen molar-refractivity contribution in [2.24, 2.45) is 17.8 Å². The van der Waals surface area contributed by atoms with Crippen molar-refractivity contribution in [3.05, 3.63) is 42.5 Å². The maximum absolute atomic E-state index is 15.0. The summed E-state index contributed by atoms with van der Waals surface area (Å²) < 4.78 is 96.6. The van der Waals surface area contributed by atoms with Crippen LogP contribution in [-0.4, -0.2) is 112 Å². The molecule has 2 aromatic rings. The number of carboxylic acid groups (broad SMARTS) is 1. The molecule has 3 fully saturated rings. The third kappa shape index (κ3) is 8.40. The highest BCUT2D eigenvalue weighted by Crippen LogP contribution is 2.48. The molecule has 3 heterocycles. The fourth-order valence-corrected chi connectivity index (χ4v) is 9.78. The van der Waals surface area contributed by atoms with E-state index in [-0.39, 0.29) is 61.3 Å². The summed E-state index contributed by atoms with van der Waals surface area (Å²) in [5.74, 6) is -4.75. The monoisotopic (exact) mass is 853 g/mol. The van der Waals surface area contributed by atoms with Gasteiger partial charge in [0.1, 0.15) is 40.7 Å². The molecule has 2 saturated carbocycles. The maximum atomic E-state index is 15.0. The summed E-state index contributed by atoms with van der Waals surface area (Å²) in [4.78, 5) is 62.1. The van der Waals surface area contributed by atoms with Crippen molar-refractivity contribution in [1.29, 1.82) is 0 Å². The number of fused-ring (bicyclic) bond motifs is 3. The minimum absolute atomic E-state index is 0.00321. The number of hydrogen-bond donors (Lipinski definition) is 3. The van der Waals surface area contributed by atoms with E-state index in [0.717, 1.165) is 4.90 Å². The molecule has 0 bridgehead atoms. The molecule has 1 aromatic carbocycles. The van der Waals surface area contributed by atoms with Gasteiger partial charge in [-0.1, -0.05) is 44.2 Å². The van der Waals surface area contributed by atoms with Crippen LogP contribution < -0.4 is 19.5 Å². The first-order chi connectivity index (χ1) is 27.6. The third-order valence-electron chi connectivity index (χ3n) is 12.3. The van der Waals surface area contributed by atoms with Gasteiger partial charge in [-0.3, -0.25) is 24.0 Å². The Kier molecular flexibility index (Phi) is 11.9. The molecule has 4 aliphatic rings. The van der Waals surface area contributed by atoms with Crippen LogP contribution in [0.5, 0.6) is 11.8 Å². The second-order valence-electron chi connectivity index (χ2n) is 16.9. The van der Waals surface area contributed by atoms with Gasteiger partial charge in [-0.15, -0.1) is 0 Å². The molecule has 0 radical (unpaired) electrons. The number of amides is 4. The number of ether oxygens (including phenoxy) is 2. The smallest absolute Gasteiger partial charge is 0.411 e. The zero-order valence-electron chi connectivity index (χ0n) is 33.6. The Hall–Kier alpha value is -4.68. The Morgan fingerprint density at radius 1 is 1.14 bits per heavy atom. The van der Waals surface area contributed by atoms with Crippen molar-refractivity contribution in [2.45, 2.75) is 120 Å². The summed E-state index contributed by atoms with van der Waals surface area (Å²) in [6.07, 6.45) is -4.02. The molecule has 4 amide bonds. The van der Waals surface area contributed by atoms with Gasteiger partial charge in [0.2, 0.25) is 33.6 Å². The Balaban J connectivity index is 1.43. The van der Waals surface area contributed by atoms with Gasteiger partial charge in [-0.2, -0.15) is 18.2 Å². The largest absolute Gasteiger partial charge is 0.478 e. The number of alkyl halides is 4. The normalized spacial score (nSPS) is 28.7. The molecule has 3 N–H and O–H groups in total. The molecule has 2 aliphatic heterocycles. The molecular formula is C40H51F4N5O9S. The highest BCUT2D eigenvalue weighted by molar-refractivity contribution is 7.91. The fraction of sp³-hybridized carbons (Fsp3) is 0.625. The average molecular weight is 854 g/mol. The summed E-state index contributed by atoms with van der Waals surface area (Å²) in [5.41, 5.74) is -4.90. The topological polar surface area (TPSA) is 185 Å². The van der Waals surface area contributed by atoms with Crippen molar-refractivity contribution >= 4 is 44.6 Å². The summed E-state index contributed by atoms with van der Waals surface area (Å²) in [6.45, 7) is 5.08. The average Bonchev–Trinajstić information content (AvgIpc) is 4.06. The van der Waals surface area contributed by atoms with Crippen LogP contribution >= 0.6 is 0 Å². The van der Waals surface area contributed by atoms with Gasteiger partial charge in [0.05, 0.1) is 13.2 Å².